The molecule has 0 aliphatic heterocycles. The summed E-state index contributed by atoms with van der Waals surface area (Å²) < 4.78 is 5.07. The van der Waals surface area contributed by atoms with Gasteiger partial charge in [0.25, 0.3) is 0 Å². The SMILES string of the molecule is COC(=O)c1cc2ccc3cccc4c5cccc6ccc1c(c65)c2c34. The van der Waals surface area contributed by atoms with Crippen molar-refractivity contribution in [1.29, 1.82) is 0 Å². The Morgan fingerprint density at radius 3 is 1.96 bits per heavy atom. The number of benzene rings is 6. The molecule has 0 N–H and O–H groups in total. The van der Waals surface area contributed by atoms with E-state index in [1.807, 2.05) is 6.07 Å². The van der Waals surface area contributed by atoms with Crippen LogP contribution in [-0.2, 0) is 4.74 Å². The van der Waals surface area contributed by atoms with Crippen molar-refractivity contribution in [2.45, 2.75) is 0 Å². The highest BCUT2D eigenvalue weighted by molar-refractivity contribution is 6.40. The van der Waals surface area contributed by atoms with E-state index in [-0.39, 0.29) is 5.97 Å². The first kappa shape index (κ1) is 13.9. The van der Waals surface area contributed by atoms with Crippen LogP contribution < -0.4 is 0 Å². The minimum absolute atomic E-state index is 0.289. The fourth-order valence-corrected chi connectivity index (χ4v) is 4.61. The largest absolute Gasteiger partial charge is 0.465 e. The molecule has 0 bridgehead atoms. The molecule has 0 saturated heterocycles. The van der Waals surface area contributed by atoms with E-state index in [1.165, 1.54) is 50.2 Å². The van der Waals surface area contributed by atoms with E-state index < -0.39 is 0 Å². The van der Waals surface area contributed by atoms with Gasteiger partial charge in [0, 0.05) is 0 Å². The molecule has 0 unspecified atom stereocenters. The molecule has 0 aliphatic carbocycles. The van der Waals surface area contributed by atoms with E-state index in [0.29, 0.717) is 5.56 Å². The molecule has 26 heavy (non-hydrogen) atoms. The number of ether oxygens (including phenoxy) is 1. The van der Waals surface area contributed by atoms with Crippen LogP contribution in [0.1, 0.15) is 10.4 Å². The van der Waals surface area contributed by atoms with E-state index in [4.69, 9.17) is 4.74 Å². The predicted octanol–water partition coefficient (Wildman–Crippen LogP) is 6.11. The number of hydrogen-bond donors (Lipinski definition) is 0. The number of methoxy groups -OCH3 is 1. The normalized spacial score (nSPS) is 12.2. The maximum absolute atomic E-state index is 12.5. The van der Waals surface area contributed by atoms with Crippen molar-refractivity contribution in [3.05, 3.63) is 72.3 Å². The zero-order valence-corrected chi connectivity index (χ0v) is 14.2. The van der Waals surface area contributed by atoms with Crippen molar-refractivity contribution in [3.63, 3.8) is 0 Å². The lowest BCUT2D eigenvalue weighted by atomic mass is 9.84. The third-order valence-corrected chi connectivity index (χ3v) is 5.66. The topological polar surface area (TPSA) is 26.3 Å². The molecular weight excluding hydrogens is 320 g/mol. The van der Waals surface area contributed by atoms with E-state index in [1.54, 1.807) is 0 Å². The Morgan fingerprint density at radius 2 is 1.27 bits per heavy atom. The Labute approximate surface area is 149 Å². The molecule has 2 nitrogen and oxygen atoms in total. The van der Waals surface area contributed by atoms with Crippen LogP contribution in [0.5, 0.6) is 0 Å². The number of rotatable bonds is 1. The van der Waals surface area contributed by atoms with Gasteiger partial charge < -0.3 is 4.74 Å². The van der Waals surface area contributed by atoms with Gasteiger partial charge in [0.2, 0.25) is 0 Å². The maximum Gasteiger partial charge on any atom is 0.338 e. The van der Waals surface area contributed by atoms with Gasteiger partial charge in [-0.2, -0.15) is 0 Å². The molecule has 6 rings (SSSR count). The van der Waals surface area contributed by atoms with Crippen molar-refractivity contribution in [2.75, 3.05) is 7.11 Å². The van der Waals surface area contributed by atoms with Gasteiger partial charge in [-0.3, -0.25) is 0 Å². The van der Waals surface area contributed by atoms with Gasteiger partial charge in [-0.05, 0) is 59.9 Å². The average Bonchev–Trinajstić information content (AvgIpc) is 2.70. The first-order valence-electron chi connectivity index (χ1n) is 8.70. The van der Waals surface area contributed by atoms with Gasteiger partial charge in [0.1, 0.15) is 0 Å². The van der Waals surface area contributed by atoms with Crippen molar-refractivity contribution in [2.24, 2.45) is 0 Å². The van der Waals surface area contributed by atoms with Gasteiger partial charge in [0.15, 0.2) is 0 Å². The monoisotopic (exact) mass is 334 g/mol. The summed E-state index contributed by atoms with van der Waals surface area (Å²) in [7, 11) is 1.44. The summed E-state index contributed by atoms with van der Waals surface area (Å²) in [4.78, 5) is 12.5. The molecule has 2 heteroatoms. The average molecular weight is 334 g/mol. The fourth-order valence-electron chi connectivity index (χ4n) is 4.61. The predicted molar refractivity (Wildman–Crippen MR) is 108 cm³/mol. The van der Waals surface area contributed by atoms with Gasteiger partial charge in [-0.25, -0.2) is 4.79 Å². The number of fused-ring (bicyclic) bond motifs is 1. The Bertz CT molecular complexity index is 1480. The number of hydrogen-bond acceptors (Lipinski definition) is 2. The van der Waals surface area contributed by atoms with Crippen molar-refractivity contribution < 1.29 is 9.53 Å². The Morgan fingerprint density at radius 1 is 0.654 bits per heavy atom. The highest BCUT2D eigenvalue weighted by Gasteiger charge is 2.20. The number of esters is 1. The van der Waals surface area contributed by atoms with Crippen LogP contribution in [0.25, 0.3) is 53.9 Å². The van der Waals surface area contributed by atoms with Crippen LogP contribution in [0.2, 0.25) is 0 Å². The summed E-state index contributed by atoms with van der Waals surface area (Å²) in [5.41, 5.74) is 0.630. The van der Waals surface area contributed by atoms with Crippen LogP contribution in [0, 0.1) is 0 Å². The van der Waals surface area contributed by atoms with Crippen LogP contribution >= 0.6 is 0 Å². The van der Waals surface area contributed by atoms with Gasteiger partial charge >= 0.3 is 5.97 Å². The van der Waals surface area contributed by atoms with Crippen LogP contribution in [0.15, 0.2) is 66.7 Å². The van der Waals surface area contributed by atoms with Gasteiger partial charge in [-0.1, -0.05) is 60.7 Å². The van der Waals surface area contributed by atoms with Crippen LogP contribution in [0.4, 0.5) is 0 Å². The summed E-state index contributed by atoms with van der Waals surface area (Å²) in [5, 5.41) is 11.9. The Kier molecular flexibility index (Phi) is 2.46. The number of carbonyl (C=O) groups is 1. The lowest BCUT2D eigenvalue weighted by Crippen LogP contribution is -2.03. The molecule has 0 radical (unpaired) electrons. The lowest BCUT2D eigenvalue weighted by molar-refractivity contribution is 0.0603. The molecule has 6 aromatic carbocycles. The third-order valence-electron chi connectivity index (χ3n) is 5.66. The van der Waals surface area contributed by atoms with E-state index in [2.05, 4.69) is 60.7 Å². The standard InChI is InChI=1S/C24H14O2/c1-26-24(25)19-12-15-9-8-13-4-2-6-16-17-7-3-5-14-10-11-18(19)23(21(14)17)22(15)20(13)16/h2-12H,1H3. The highest BCUT2D eigenvalue weighted by atomic mass is 16.5. The second-order valence-electron chi connectivity index (χ2n) is 6.87. The first-order chi connectivity index (χ1) is 12.8. The number of carbonyl (C=O) groups excluding carboxylic acids is 1. The molecule has 0 atom stereocenters. The maximum atomic E-state index is 12.5. The summed E-state index contributed by atoms with van der Waals surface area (Å²) in [6.07, 6.45) is 0. The van der Waals surface area contributed by atoms with Crippen molar-refractivity contribution in [3.8, 4) is 0 Å². The minimum Gasteiger partial charge on any atom is -0.465 e. The highest BCUT2D eigenvalue weighted by Crippen LogP contribution is 2.45. The molecule has 6 aromatic rings. The molecule has 0 fully saturated rings. The zero-order valence-electron chi connectivity index (χ0n) is 14.2. The second kappa shape index (κ2) is 4.61. The smallest absolute Gasteiger partial charge is 0.338 e. The third kappa shape index (κ3) is 1.50. The molecule has 0 saturated carbocycles. The van der Waals surface area contributed by atoms with Gasteiger partial charge in [0.05, 0.1) is 12.7 Å². The molecule has 0 aromatic heterocycles. The zero-order chi connectivity index (χ0) is 17.4. The lowest BCUT2D eigenvalue weighted by Gasteiger charge is -2.19. The quantitative estimate of drug-likeness (QED) is 0.206. The minimum atomic E-state index is -0.289. The van der Waals surface area contributed by atoms with Crippen LogP contribution in [0.3, 0.4) is 0 Å². The van der Waals surface area contributed by atoms with Gasteiger partial charge in [-0.15, -0.1) is 0 Å². The molecular formula is C24H14O2. The van der Waals surface area contributed by atoms with Crippen molar-refractivity contribution >= 4 is 59.8 Å². The summed E-state index contributed by atoms with van der Waals surface area (Å²) in [5.74, 6) is -0.289. The molecule has 0 spiro atoms. The van der Waals surface area contributed by atoms with E-state index in [9.17, 15) is 4.79 Å². The van der Waals surface area contributed by atoms with Crippen molar-refractivity contribution in [1.82, 2.24) is 0 Å². The summed E-state index contributed by atoms with van der Waals surface area (Å²) in [6.45, 7) is 0. The molecule has 122 valence electrons. The molecule has 0 aliphatic rings. The van der Waals surface area contributed by atoms with E-state index in [0.717, 1.165) is 10.8 Å². The first-order valence-corrected chi connectivity index (χ1v) is 8.70. The summed E-state index contributed by atoms with van der Waals surface area (Å²) in [6, 6.07) is 23.3. The fraction of sp³-hybridized carbons (Fsp3) is 0.0417. The Balaban J connectivity index is 2.07. The van der Waals surface area contributed by atoms with Crippen LogP contribution in [-0.4, -0.2) is 13.1 Å². The van der Waals surface area contributed by atoms with E-state index >= 15 is 0 Å². The second-order valence-corrected chi connectivity index (χ2v) is 6.87. The summed E-state index contributed by atoms with van der Waals surface area (Å²) >= 11 is 0. The molecule has 0 amide bonds. The Hall–Kier alpha value is -3.39. The molecule has 0 heterocycles.